The Labute approximate surface area is 110 Å². The predicted octanol–water partition coefficient (Wildman–Crippen LogP) is 2.39. The van der Waals surface area contributed by atoms with E-state index in [1.54, 1.807) is 50.0 Å². The lowest BCUT2D eigenvalue weighted by Crippen LogP contribution is -2.27. The number of hydrogen-bond acceptors (Lipinski definition) is 4. The molecular weight excluding hydrogens is 246 g/mol. The average Bonchev–Trinajstić information content (AvgIpc) is 3.10. The summed E-state index contributed by atoms with van der Waals surface area (Å²) in [6, 6.07) is 7.11. The van der Waals surface area contributed by atoms with Crippen molar-refractivity contribution in [2.45, 2.75) is 6.10 Å². The number of hydrogen-bond donors (Lipinski definition) is 1. The number of furan rings is 2. The Hall–Kier alpha value is -2.27. The van der Waals surface area contributed by atoms with Gasteiger partial charge in [0, 0.05) is 13.2 Å². The molecule has 5 heteroatoms. The number of amides is 1. The van der Waals surface area contributed by atoms with Crippen molar-refractivity contribution >= 4 is 12.0 Å². The molecule has 0 aromatic carbocycles. The van der Waals surface area contributed by atoms with Crippen molar-refractivity contribution in [3.8, 4) is 0 Å². The molecule has 0 aliphatic heterocycles. The highest BCUT2D eigenvalue weighted by atomic mass is 16.5. The highest BCUT2D eigenvalue weighted by molar-refractivity contribution is 5.91. The summed E-state index contributed by atoms with van der Waals surface area (Å²) >= 11 is 0. The Morgan fingerprint density at radius 2 is 2.16 bits per heavy atom. The molecule has 19 heavy (non-hydrogen) atoms. The maximum atomic E-state index is 11.6. The molecule has 0 bridgehead atoms. The van der Waals surface area contributed by atoms with Gasteiger partial charge in [-0.05, 0) is 30.3 Å². The maximum Gasteiger partial charge on any atom is 0.244 e. The van der Waals surface area contributed by atoms with Gasteiger partial charge < -0.3 is 18.9 Å². The van der Waals surface area contributed by atoms with E-state index in [2.05, 4.69) is 5.32 Å². The van der Waals surface area contributed by atoms with Crippen LogP contribution in [0.2, 0.25) is 0 Å². The molecule has 0 aliphatic rings. The van der Waals surface area contributed by atoms with Gasteiger partial charge in [-0.3, -0.25) is 4.79 Å². The van der Waals surface area contributed by atoms with E-state index in [1.165, 1.54) is 6.08 Å². The molecule has 1 unspecified atom stereocenters. The van der Waals surface area contributed by atoms with Crippen molar-refractivity contribution in [3.05, 3.63) is 54.4 Å². The third-order valence-corrected chi connectivity index (χ3v) is 2.55. The van der Waals surface area contributed by atoms with Crippen LogP contribution in [-0.2, 0) is 9.53 Å². The molecule has 5 nitrogen and oxygen atoms in total. The first-order valence-corrected chi connectivity index (χ1v) is 5.85. The van der Waals surface area contributed by atoms with Crippen LogP contribution < -0.4 is 5.32 Å². The minimum absolute atomic E-state index is 0.218. The van der Waals surface area contributed by atoms with Crippen molar-refractivity contribution in [3.63, 3.8) is 0 Å². The molecule has 1 N–H and O–H groups in total. The number of carbonyl (C=O) groups excluding carboxylic acids is 1. The second-order valence-corrected chi connectivity index (χ2v) is 3.83. The van der Waals surface area contributed by atoms with Gasteiger partial charge in [0.2, 0.25) is 5.91 Å². The van der Waals surface area contributed by atoms with Gasteiger partial charge in [-0.15, -0.1) is 0 Å². The van der Waals surface area contributed by atoms with Crippen molar-refractivity contribution in [1.29, 1.82) is 0 Å². The molecule has 0 fully saturated rings. The summed E-state index contributed by atoms with van der Waals surface area (Å²) < 4.78 is 15.6. The molecule has 100 valence electrons. The summed E-state index contributed by atoms with van der Waals surface area (Å²) in [6.07, 6.45) is 5.84. The number of rotatable bonds is 6. The van der Waals surface area contributed by atoms with E-state index >= 15 is 0 Å². The van der Waals surface area contributed by atoms with Gasteiger partial charge in [0.05, 0.1) is 19.1 Å². The van der Waals surface area contributed by atoms with Gasteiger partial charge >= 0.3 is 0 Å². The Morgan fingerprint density at radius 1 is 1.37 bits per heavy atom. The fourth-order valence-corrected chi connectivity index (χ4v) is 1.57. The first-order chi connectivity index (χ1) is 9.29. The highest BCUT2D eigenvalue weighted by Crippen LogP contribution is 2.15. The number of methoxy groups -OCH3 is 1. The lowest BCUT2D eigenvalue weighted by Gasteiger charge is -2.12. The second kappa shape index (κ2) is 6.61. The highest BCUT2D eigenvalue weighted by Gasteiger charge is 2.13. The normalized spacial score (nSPS) is 12.7. The molecule has 0 aliphatic carbocycles. The van der Waals surface area contributed by atoms with E-state index in [9.17, 15) is 4.79 Å². The molecule has 0 radical (unpaired) electrons. The van der Waals surface area contributed by atoms with Crippen molar-refractivity contribution in [2.24, 2.45) is 0 Å². The van der Waals surface area contributed by atoms with Crippen LogP contribution in [-0.4, -0.2) is 19.6 Å². The molecule has 0 saturated heterocycles. The number of nitrogens with one attached hydrogen (secondary N) is 1. The summed E-state index contributed by atoms with van der Waals surface area (Å²) in [4.78, 5) is 11.6. The Balaban J connectivity index is 1.82. The minimum atomic E-state index is -0.295. The fraction of sp³-hybridized carbons (Fsp3) is 0.214. The summed E-state index contributed by atoms with van der Waals surface area (Å²) in [5.74, 6) is 1.09. The van der Waals surface area contributed by atoms with Crippen molar-refractivity contribution < 1.29 is 18.4 Å². The first kappa shape index (κ1) is 13.2. The van der Waals surface area contributed by atoms with Gasteiger partial charge in [-0.1, -0.05) is 0 Å². The van der Waals surface area contributed by atoms with Crippen molar-refractivity contribution in [1.82, 2.24) is 5.32 Å². The molecule has 2 aromatic rings. The summed E-state index contributed by atoms with van der Waals surface area (Å²) in [5.41, 5.74) is 0. The Morgan fingerprint density at radius 3 is 2.79 bits per heavy atom. The van der Waals surface area contributed by atoms with Crippen LogP contribution in [0.5, 0.6) is 0 Å². The van der Waals surface area contributed by atoms with Crippen LogP contribution in [0.25, 0.3) is 6.08 Å². The average molecular weight is 261 g/mol. The number of ether oxygens (including phenoxy) is 1. The molecule has 1 atom stereocenters. The maximum absolute atomic E-state index is 11.6. The second-order valence-electron chi connectivity index (χ2n) is 3.83. The van der Waals surface area contributed by atoms with Crippen LogP contribution in [0, 0.1) is 0 Å². The molecule has 2 rings (SSSR count). The zero-order valence-electron chi connectivity index (χ0n) is 10.5. The lowest BCUT2D eigenvalue weighted by atomic mass is 10.2. The van der Waals surface area contributed by atoms with E-state index < -0.39 is 0 Å². The van der Waals surface area contributed by atoms with E-state index in [0.717, 1.165) is 0 Å². The molecule has 0 spiro atoms. The zero-order chi connectivity index (χ0) is 13.5. The standard InChI is InChI=1S/C14H15NO4/c1-17-13(12-5-3-9-19-12)10-15-14(16)7-6-11-4-2-8-18-11/h2-9,13H,10H2,1H3,(H,15,16). The summed E-state index contributed by atoms with van der Waals surface area (Å²) in [7, 11) is 1.57. The van der Waals surface area contributed by atoms with E-state index in [1.807, 2.05) is 0 Å². The topological polar surface area (TPSA) is 64.6 Å². The smallest absolute Gasteiger partial charge is 0.244 e. The third kappa shape index (κ3) is 3.86. The summed E-state index contributed by atoms with van der Waals surface area (Å²) in [5, 5.41) is 2.73. The predicted molar refractivity (Wildman–Crippen MR) is 69.2 cm³/mol. The van der Waals surface area contributed by atoms with Gasteiger partial charge in [0.1, 0.15) is 17.6 Å². The minimum Gasteiger partial charge on any atom is -0.467 e. The van der Waals surface area contributed by atoms with Crippen LogP contribution in [0.15, 0.2) is 51.7 Å². The Bertz CT molecular complexity index is 514. The molecule has 2 heterocycles. The van der Waals surface area contributed by atoms with Crippen molar-refractivity contribution in [2.75, 3.05) is 13.7 Å². The third-order valence-electron chi connectivity index (χ3n) is 2.55. The zero-order valence-corrected chi connectivity index (χ0v) is 10.5. The molecular formula is C14H15NO4. The first-order valence-electron chi connectivity index (χ1n) is 5.85. The van der Waals surface area contributed by atoms with Gasteiger partial charge in [-0.25, -0.2) is 0 Å². The van der Waals surface area contributed by atoms with E-state index in [0.29, 0.717) is 18.1 Å². The molecule has 2 aromatic heterocycles. The van der Waals surface area contributed by atoms with Crippen LogP contribution in [0.3, 0.4) is 0 Å². The van der Waals surface area contributed by atoms with Crippen LogP contribution in [0.4, 0.5) is 0 Å². The van der Waals surface area contributed by atoms with Gasteiger partial charge in [-0.2, -0.15) is 0 Å². The van der Waals surface area contributed by atoms with Crippen LogP contribution in [0.1, 0.15) is 17.6 Å². The largest absolute Gasteiger partial charge is 0.467 e. The summed E-state index contributed by atoms with van der Waals surface area (Å²) in [6.45, 7) is 0.339. The SMILES string of the molecule is COC(CNC(=O)C=Cc1ccco1)c1ccco1. The lowest BCUT2D eigenvalue weighted by molar-refractivity contribution is -0.117. The van der Waals surface area contributed by atoms with Gasteiger partial charge in [0.15, 0.2) is 0 Å². The number of carbonyl (C=O) groups is 1. The Kier molecular flexibility index (Phi) is 4.58. The van der Waals surface area contributed by atoms with Crippen LogP contribution >= 0.6 is 0 Å². The quantitative estimate of drug-likeness (QED) is 0.811. The van der Waals surface area contributed by atoms with E-state index in [4.69, 9.17) is 13.6 Å². The van der Waals surface area contributed by atoms with Gasteiger partial charge in [0.25, 0.3) is 0 Å². The van der Waals surface area contributed by atoms with E-state index in [-0.39, 0.29) is 12.0 Å². The fourth-order valence-electron chi connectivity index (χ4n) is 1.57. The molecule has 0 saturated carbocycles. The monoisotopic (exact) mass is 261 g/mol. The molecule has 1 amide bonds.